The second-order valence-electron chi connectivity index (χ2n) is 6.11. The van der Waals surface area contributed by atoms with Crippen LogP contribution in [0.25, 0.3) is 0 Å². The highest BCUT2D eigenvalue weighted by atomic mass is 16.6. The smallest absolute Gasteiger partial charge is 0.274 e. The van der Waals surface area contributed by atoms with E-state index in [1.807, 2.05) is 4.90 Å². The topological polar surface area (TPSA) is 67.9 Å². The number of ether oxygens (including phenoxy) is 1. The molecule has 0 spiro atoms. The van der Waals surface area contributed by atoms with Gasteiger partial charge in [0.2, 0.25) is 0 Å². The molecule has 0 aliphatic carbocycles. The van der Waals surface area contributed by atoms with Gasteiger partial charge in [-0.15, -0.1) is 0 Å². The van der Waals surface area contributed by atoms with Crippen LogP contribution in [0.4, 0.5) is 0 Å². The largest absolute Gasteiger partial charge is 0.484 e. The van der Waals surface area contributed by atoms with Gasteiger partial charge in [0.1, 0.15) is 5.75 Å². The molecule has 6 nitrogen and oxygen atoms in total. The first kappa shape index (κ1) is 18.3. The fraction of sp³-hybridized carbons (Fsp3) is 0.556. The third-order valence-electron chi connectivity index (χ3n) is 4.27. The van der Waals surface area contributed by atoms with Crippen LogP contribution >= 0.6 is 0 Å². The molecule has 24 heavy (non-hydrogen) atoms. The van der Waals surface area contributed by atoms with Gasteiger partial charge in [0.05, 0.1) is 6.61 Å². The lowest BCUT2D eigenvalue weighted by molar-refractivity contribution is -0.139. The molecule has 0 aromatic heterocycles. The summed E-state index contributed by atoms with van der Waals surface area (Å²) in [6.45, 7) is 6.37. The number of benzene rings is 1. The standard InChI is InChI=1S/C18H26N2O4/c1-4-24-19-18(22)15-8-10-16(11-9-15)23-12-17(21)20-13(2)6-5-7-14(20)3/h8-11,13-14H,4-7,12H2,1-3H3,(H,19,22). The van der Waals surface area contributed by atoms with Gasteiger partial charge in [-0.25, -0.2) is 5.48 Å². The molecule has 1 aromatic rings. The second kappa shape index (κ2) is 8.68. The number of nitrogens with one attached hydrogen (secondary N) is 1. The lowest BCUT2D eigenvalue weighted by Crippen LogP contribution is -2.49. The zero-order valence-corrected chi connectivity index (χ0v) is 14.6. The summed E-state index contributed by atoms with van der Waals surface area (Å²) in [5.41, 5.74) is 2.80. The Bertz CT molecular complexity index is 549. The molecule has 2 rings (SSSR count). The zero-order valence-electron chi connectivity index (χ0n) is 14.6. The average molecular weight is 334 g/mol. The van der Waals surface area contributed by atoms with Crippen molar-refractivity contribution in [3.05, 3.63) is 29.8 Å². The van der Waals surface area contributed by atoms with Gasteiger partial charge in [-0.1, -0.05) is 0 Å². The fourth-order valence-electron chi connectivity index (χ4n) is 3.03. The van der Waals surface area contributed by atoms with E-state index in [0.29, 0.717) is 17.9 Å². The third kappa shape index (κ3) is 4.71. The molecule has 1 aliphatic heterocycles. The summed E-state index contributed by atoms with van der Waals surface area (Å²) in [5.74, 6) is 0.261. The van der Waals surface area contributed by atoms with Crippen molar-refractivity contribution in [2.45, 2.75) is 52.1 Å². The van der Waals surface area contributed by atoms with Crippen LogP contribution in [0.2, 0.25) is 0 Å². The number of hydrogen-bond acceptors (Lipinski definition) is 4. The Morgan fingerprint density at radius 2 is 1.79 bits per heavy atom. The summed E-state index contributed by atoms with van der Waals surface area (Å²) in [6, 6.07) is 7.15. The zero-order chi connectivity index (χ0) is 17.5. The minimum absolute atomic E-state index is 0.00728. The SMILES string of the molecule is CCONC(=O)c1ccc(OCC(=O)N2C(C)CCCC2C)cc1. The van der Waals surface area contributed by atoms with Crippen molar-refractivity contribution in [2.24, 2.45) is 0 Å². The Labute approximate surface area is 143 Å². The van der Waals surface area contributed by atoms with Crippen LogP contribution in [-0.2, 0) is 9.63 Å². The molecule has 0 saturated carbocycles. The summed E-state index contributed by atoms with van der Waals surface area (Å²) >= 11 is 0. The summed E-state index contributed by atoms with van der Waals surface area (Å²) in [6.07, 6.45) is 3.25. The van der Waals surface area contributed by atoms with E-state index in [1.165, 1.54) is 0 Å². The molecule has 2 unspecified atom stereocenters. The molecule has 1 aromatic carbocycles. The van der Waals surface area contributed by atoms with Crippen molar-refractivity contribution in [1.82, 2.24) is 10.4 Å². The van der Waals surface area contributed by atoms with Gasteiger partial charge in [-0.2, -0.15) is 0 Å². The number of amides is 2. The Kier molecular flexibility index (Phi) is 6.61. The second-order valence-corrected chi connectivity index (χ2v) is 6.11. The highest BCUT2D eigenvalue weighted by Gasteiger charge is 2.28. The van der Waals surface area contributed by atoms with Crippen molar-refractivity contribution < 1.29 is 19.2 Å². The van der Waals surface area contributed by atoms with Crippen LogP contribution in [0.1, 0.15) is 50.4 Å². The van der Waals surface area contributed by atoms with E-state index in [9.17, 15) is 9.59 Å². The van der Waals surface area contributed by atoms with Gasteiger partial charge >= 0.3 is 0 Å². The molecule has 1 aliphatic rings. The minimum Gasteiger partial charge on any atom is -0.484 e. The van der Waals surface area contributed by atoms with Crippen LogP contribution in [0.3, 0.4) is 0 Å². The Hall–Kier alpha value is -2.08. The summed E-state index contributed by atoms with van der Waals surface area (Å²) < 4.78 is 5.58. The molecule has 0 radical (unpaired) electrons. The summed E-state index contributed by atoms with van der Waals surface area (Å²) in [7, 11) is 0. The Morgan fingerprint density at radius 1 is 1.17 bits per heavy atom. The predicted octanol–water partition coefficient (Wildman–Crippen LogP) is 2.54. The van der Waals surface area contributed by atoms with Gasteiger partial charge < -0.3 is 9.64 Å². The number of hydroxylamine groups is 1. The summed E-state index contributed by atoms with van der Waals surface area (Å²) in [4.78, 5) is 30.9. The molecule has 2 amide bonds. The van der Waals surface area contributed by atoms with Crippen molar-refractivity contribution >= 4 is 11.8 Å². The normalized spacial score (nSPS) is 20.5. The lowest BCUT2D eigenvalue weighted by Gasteiger charge is -2.38. The summed E-state index contributed by atoms with van der Waals surface area (Å²) in [5, 5.41) is 0. The van der Waals surface area contributed by atoms with E-state index in [4.69, 9.17) is 9.57 Å². The molecular formula is C18H26N2O4. The van der Waals surface area contributed by atoms with Crippen LogP contribution in [0.5, 0.6) is 5.75 Å². The monoisotopic (exact) mass is 334 g/mol. The predicted molar refractivity (Wildman–Crippen MR) is 90.7 cm³/mol. The quantitative estimate of drug-likeness (QED) is 0.812. The molecule has 2 atom stereocenters. The minimum atomic E-state index is -0.310. The van der Waals surface area contributed by atoms with Gasteiger partial charge in [-0.3, -0.25) is 14.4 Å². The van der Waals surface area contributed by atoms with Crippen LogP contribution in [0.15, 0.2) is 24.3 Å². The molecule has 1 fully saturated rings. The number of piperidine rings is 1. The average Bonchev–Trinajstić information content (AvgIpc) is 2.58. The molecule has 1 N–H and O–H groups in total. The van der Waals surface area contributed by atoms with Gasteiger partial charge in [0, 0.05) is 17.6 Å². The Balaban J connectivity index is 1.87. The molecule has 6 heteroatoms. The number of hydrogen-bond donors (Lipinski definition) is 1. The first-order valence-electron chi connectivity index (χ1n) is 8.49. The van der Waals surface area contributed by atoms with Gasteiger partial charge in [0.25, 0.3) is 11.8 Å². The van der Waals surface area contributed by atoms with E-state index >= 15 is 0 Å². The number of likely N-dealkylation sites (tertiary alicyclic amines) is 1. The molecule has 0 bridgehead atoms. The lowest BCUT2D eigenvalue weighted by atomic mass is 9.97. The van der Waals surface area contributed by atoms with Gasteiger partial charge in [0.15, 0.2) is 6.61 Å². The van der Waals surface area contributed by atoms with Crippen LogP contribution in [-0.4, -0.2) is 42.0 Å². The Morgan fingerprint density at radius 3 is 2.38 bits per heavy atom. The number of nitrogens with zero attached hydrogens (tertiary/aromatic N) is 1. The maximum Gasteiger partial charge on any atom is 0.274 e. The van der Waals surface area contributed by atoms with E-state index in [2.05, 4.69) is 19.3 Å². The number of rotatable bonds is 6. The maximum atomic E-state index is 12.4. The van der Waals surface area contributed by atoms with E-state index < -0.39 is 0 Å². The maximum absolute atomic E-state index is 12.4. The highest BCUT2D eigenvalue weighted by molar-refractivity contribution is 5.93. The van der Waals surface area contributed by atoms with Crippen molar-refractivity contribution in [1.29, 1.82) is 0 Å². The van der Waals surface area contributed by atoms with E-state index in [1.54, 1.807) is 31.2 Å². The molecule has 132 valence electrons. The number of carbonyl (C=O) groups excluding carboxylic acids is 2. The van der Waals surface area contributed by atoms with Gasteiger partial charge in [-0.05, 0) is 64.3 Å². The van der Waals surface area contributed by atoms with Crippen LogP contribution in [0, 0.1) is 0 Å². The first-order chi connectivity index (χ1) is 11.5. The number of carbonyl (C=O) groups is 2. The highest BCUT2D eigenvalue weighted by Crippen LogP contribution is 2.22. The molecule has 1 heterocycles. The van der Waals surface area contributed by atoms with Crippen molar-refractivity contribution in [3.63, 3.8) is 0 Å². The molecule has 1 saturated heterocycles. The third-order valence-corrected chi connectivity index (χ3v) is 4.27. The fourth-order valence-corrected chi connectivity index (χ4v) is 3.03. The van der Waals surface area contributed by atoms with E-state index in [0.717, 1.165) is 19.3 Å². The first-order valence-corrected chi connectivity index (χ1v) is 8.49. The van der Waals surface area contributed by atoms with Crippen molar-refractivity contribution in [3.8, 4) is 5.75 Å². The van der Waals surface area contributed by atoms with Crippen LogP contribution < -0.4 is 10.2 Å². The molecular weight excluding hydrogens is 308 g/mol. The van der Waals surface area contributed by atoms with E-state index in [-0.39, 0.29) is 30.5 Å². The van der Waals surface area contributed by atoms with Crippen molar-refractivity contribution in [2.75, 3.05) is 13.2 Å².